The van der Waals surface area contributed by atoms with E-state index in [4.69, 9.17) is 0 Å². The van der Waals surface area contributed by atoms with Crippen molar-refractivity contribution in [1.29, 1.82) is 0 Å². The van der Waals surface area contributed by atoms with E-state index in [0.29, 0.717) is 57.2 Å². The molecule has 0 N–H and O–H groups in total. The molecule has 4 aromatic carbocycles. The highest BCUT2D eigenvalue weighted by atomic mass is 32.1. The van der Waals surface area contributed by atoms with Crippen LogP contribution in [0.3, 0.4) is 0 Å². The molecule has 0 bridgehead atoms. The van der Waals surface area contributed by atoms with Crippen molar-refractivity contribution in [1.82, 2.24) is 19.6 Å². The first-order valence-corrected chi connectivity index (χ1v) is 34.2. The van der Waals surface area contributed by atoms with Crippen molar-refractivity contribution in [3.63, 3.8) is 0 Å². The van der Waals surface area contributed by atoms with Crippen molar-refractivity contribution in [2.75, 3.05) is 52.4 Å². The van der Waals surface area contributed by atoms with Gasteiger partial charge in [0, 0.05) is 71.0 Å². The number of imide groups is 2. The largest absolute Gasteiger partial charge is 0.304 e. The molecule has 2 atom stereocenters. The maximum absolute atomic E-state index is 15.7. The van der Waals surface area contributed by atoms with Gasteiger partial charge in [-0.05, 0) is 174 Å². The fraction of sp³-hybridized carbons (Fsp3) is 0.534. The van der Waals surface area contributed by atoms with E-state index >= 15 is 19.2 Å². The molecule has 8 nitrogen and oxygen atoms in total. The lowest BCUT2D eigenvalue weighted by atomic mass is 9.70. The number of fused-ring (bicyclic) bond motifs is 3. The number of nitrogens with zero attached hydrogens (tertiary/aromatic N) is 4. The molecule has 6 aromatic rings. The summed E-state index contributed by atoms with van der Waals surface area (Å²) in [6.45, 7) is 29.4. The molecule has 0 saturated carbocycles. The average Bonchev–Trinajstić information content (AvgIpc) is 2.14. The monoisotopic (exact) mass is 1160 g/mol. The minimum Gasteiger partial charge on any atom is -0.304 e. The quantitative estimate of drug-likeness (QED) is 0.0302. The van der Waals surface area contributed by atoms with E-state index in [0.717, 1.165) is 115 Å². The number of thiophene rings is 2. The van der Waals surface area contributed by atoms with Crippen LogP contribution in [0.2, 0.25) is 0 Å². The summed E-state index contributed by atoms with van der Waals surface area (Å²) < 4.78 is 0. The Labute approximate surface area is 506 Å². The van der Waals surface area contributed by atoms with Crippen LogP contribution in [0.4, 0.5) is 0 Å². The summed E-state index contributed by atoms with van der Waals surface area (Å²) in [4.78, 5) is 73.7. The molecule has 4 heterocycles. The number of carbonyl (C=O) groups is 4. The van der Waals surface area contributed by atoms with Crippen molar-refractivity contribution in [2.24, 2.45) is 11.8 Å². The zero-order valence-electron chi connectivity index (χ0n) is 52.2. The van der Waals surface area contributed by atoms with Crippen molar-refractivity contribution in [3.8, 4) is 42.4 Å². The van der Waals surface area contributed by atoms with E-state index in [-0.39, 0.29) is 40.9 Å². The zero-order chi connectivity index (χ0) is 59.0. The second-order valence-corrected chi connectivity index (χ2v) is 26.9. The van der Waals surface area contributed by atoms with Crippen LogP contribution in [0.15, 0.2) is 72.8 Å². The predicted molar refractivity (Wildman–Crippen MR) is 351 cm³/mol. The number of unbranched alkanes of at least 4 members (excludes halogenated alkanes) is 8. The Morgan fingerprint density at radius 2 is 0.904 bits per heavy atom. The number of hydrogen-bond donors (Lipinski definition) is 0. The standard InChI is InChI=1S/C73H96N4O4S2/c1-11-19-29-51(13-3)47-76-70(79)59-46-57(68-66-58(69(78)77(72(68)81)48-52(14-4)30-20-12-2)45-56(63-36-32-50(10)82-63)67(65(59)66)71(76)80)64-38-37-62(83-64)53-33-35-55-54-34-31-49(9)43-60(54)73(61(55)44-53,39-25-21-23-27-41-74(15-5)16-6)40-26-22-24-28-42-75(17-7)18-8/h31-38,43-46,51-52H,11-30,39-42,47-48H2,1-10H3. The Bertz CT molecular complexity index is 3240. The predicted octanol–water partition coefficient (Wildman–Crippen LogP) is 19.1. The summed E-state index contributed by atoms with van der Waals surface area (Å²) >= 11 is 3.24. The van der Waals surface area contributed by atoms with E-state index < -0.39 is 0 Å². The number of hydrogen-bond acceptors (Lipinski definition) is 8. The minimum atomic E-state index is -0.349. The van der Waals surface area contributed by atoms with Crippen molar-refractivity contribution in [2.45, 2.75) is 190 Å². The Morgan fingerprint density at radius 3 is 1.37 bits per heavy atom. The second kappa shape index (κ2) is 28.3. The highest BCUT2D eigenvalue weighted by molar-refractivity contribution is 7.19. The lowest BCUT2D eigenvalue weighted by molar-refractivity contribution is 0.0559. The van der Waals surface area contributed by atoms with E-state index in [1.807, 2.05) is 31.2 Å². The third-order valence-corrected chi connectivity index (χ3v) is 21.6. The summed E-state index contributed by atoms with van der Waals surface area (Å²) in [6, 6.07) is 26.6. The Morgan fingerprint density at radius 1 is 0.446 bits per heavy atom. The molecule has 0 radical (unpaired) electrons. The summed E-state index contributed by atoms with van der Waals surface area (Å²) in [5.41, 5.74) is 10.9. The van der Waals surface area contributed by atoms with Crippen LogP contribution in [-0.2, 0) is 5.41 Å². The Kier molecular flexibility index (Phi) is 21.2. The summed E-state index contributed by atoms with van der Waals surface area (Å²) in [5.74, 6) is -1.10. The molecular weight excluding hydrogens is 1060 g/mol. The van der Waals surface area contributed by atoms with E-state index in [1.165, 1.54) is 102 Å². The van der Waals surface area contributed by atoms with Gasteiger partial charge in [-0.2, -0.15) is 0 Å². The molecule has 444 valence electrons. The van der Waals surface area contributed by atoms with E-state index in [1.54, 1.807) is 22.7 Å². The fourth-order valence-corrected chi connectivity index (χ4v) is 16.1. The van der Waals surface area contributed by atoms with Crippen LogP contribution in [0.25, 0.3) is 53.2 Å². The third-order valence-electron chi connectivity index (χ3n) is 19.4. The van der Waals surface area contributed by atoms with E-state index in [9.17, 15) is 0 Å². The molecule has 0 fully saturated rings. The molecule has 4 amide bonds. The lowest BCUT2D eigenvalue weighted by Crippen LogP contribution is -2.46. The summed E-state index contributed by atoms with van der Waals surface area (Å²) in [5, 5.41) is 0.895. The summed E-state index contributed by atoms with van der Waals surface area (Å²) in [6.07, 6.45) is 19.6. The van der Waals surface area contributed by atoms with Gasteiger partial charge in [0.2, 0.25) is 0 Å². The van der Waals surface area contributed by atoms with Crippen molar-refractivity contribution >= 4 is 57.1 Å². The van der Waals surface area contributed by atoms with Gasteiger partial charge in [0.05, 0.1) is 11.1 Å². The molecule has 0 spiro atoms. The van der Waals surface area contributed by atoms with Crippen LogP contribution in [0.5, 0.6) is 0 Å². The number of carbonyl (C=O) groups excluding carboxylic acids is 4. The summed E-state index contributed by atoms with van der Waals surface area (Å²) in [7, 11) is 0. The van der Waals surface area contributed by atoms with Gasteiger partial charge in [-0.15, -0.1) is 22.7 Å². The van der Waals surface area contributed by atoms with Gasteiger partial charge in [0.25, 0.3) is 23.6 Å². The van der Waals surface area contributed by atoms with Crippen LogP contribution in [-0.4, -0.2) is 95.6 Å². The van der Waals surface area contributed by atoms with Crippen molar-refractivity contribution < 1.29 is 19.2 Å². The highest BCUT2D eigenvalue weighted by Gasteiger charge is 2.45. The van der Waals surface area contributed by atoms with Gasteiger partial charge in [0.15, 0.2) is 0 Å². The topological polar surface area (TPSA) is 81.2 Å². The SMILES string of the molecule is CCCCC(CC)CN1C(=O)c2cc(-c3ccc(-c4ccc5c(c4)C(CCCCCCN(CC)CC)(CCCCCCN(CC)CC)c4cc(C)ccc4-5)s3)c3c4c(cc(-c5ccc(C)s5)c(c24)C1=O)C(=O)N(CC(CC)CCCC)C3=O. The number of aryl methyl sites for hydroxylation is 2. The second-order valence-electron chi connectivity index (χ2n) is 24.6. The Hall–Kier alpha value is -5.26. The van der Waals surface area contributed by atoms with Gasteiger partial charge in [-0.1, -0.05) is 168 Å². The van der Waals surface area contributed by atoms with Gasteiger partial charge in [-0.25, -0.2) is 0 Å². The first kappa shape index (κ1) is 62.3. The van der Waals surface area contributed by atoms with Gasteiger partial charge >= 0.3 is 0 Å². The van der Waals surface area contributed by atoms with Crippen molar-refractivity contribution in [3.05, 3.63) is 117 Å². The molecular formula is C73H96N4O4S2. The number of amides is 4. The first-order chi connectivity index (χ1) is 40.3. The molecule has 10 heteroatoms. The molecule has 2 unspecified atom stereocenters. The minimum absolute atomic E-state index is 0.114. The lowest BCUT2D eigenvalue weighted by Gasteiger charge is -2.36. The fourth-order valence-electron chi connectivity index (χ4n) is 14.2. The van der Waals surface area contributed by atoms with Crippen LogP contribution in [0.1, 0.15) is 234 Å². The molecule has 2 aromatic heterocycles. The molecule has 83 heavy (non-hydrogen) atoms. The van der Waals surface area contributed by atoms with Gasteiger partial charge < -0.3 is 9.80 Å². The van der Waals surface area contributed by atoms with Gasteiger partial charge in [-0.3, -0.25) is 29.0 Å². The Balaban J connectivity index is 1.17. The molecule has 2 aliphatic heterocycles. The van der Waals surface area contributed by atoms with E-state index in [2.05, 4.69) is 121 Å². The molecule has 3 aliphatic rings. The molecule has 1 aliphatic carbocycles. The van der Waals surface area contributed by atoms with Crippen LogP contribution < -0.4 is 0 Å². The normalized spacial score (nSPS) is 15.2. The average molecular weight is 1160 g/mol. The van der Waals surface area contributed by atoms with Gasteiger partial charge in [0.1, 0.15) is 0 Å². The van der Waals surface area contributed by atoms with Crippen LogP contribution in [0, 0.1) is 25.7 Å². The maximum atomic E-state index is 15.7. The number of benzene rings is 4. The maximum Gasteiger partial charge on any atom is 0.262 e. The zero-order valence-corrected chi connectivity index (χ0v) is 53.8. The highest BCUT2D eigenvalue weighted by Crippen LogP contribution is 2.56. The smallest absolute Gasteiger partial charge is 0.262 e. The third kappa shape index (κ3) is 12.8. The molecule has 9 rings (SSSR count). The first-order valence-electron chi connectivity index (χ1n) is 32.6. The number of rotatable bonds is 33. The molecule has 0 saturated heterocycles. The van der Waals surface area contributed by atoms with Crippen LogP contribution >= 0.6 is 22.7 Å².